The summed E-state index contributed by atoms with van der Waals surface area (Å²) >= 11 is 0. The van der Waals surface area contributed by atoms with Crippen molar-refractivity contribution in [1.29, 1.82) is 5.26 Å². The van der Waals surface area contributed by atoms with Crippen LogP contribution in [0.1, 0.15) is 27.7 Å². The first-order valence-electron chi connectivity index (χ1n) is 4.88. The molecule has 0 fully saturated rings. The lowest BCUT2D eigenvalue weighted by atomic mass is 10.2. The van der Waals surface area contributed by atoms with E-state index in [1.807, 2.05) is 13.0 Å². The van der Waals surface area contributed by atoms with Crippen LogP contribution in [0.15, 0.2) is 12.2 Å². The van der Waals surface area contributed by atoms with Crippen molar-refractivity contribution >= 4 is 8.32 Å². The van der Waals surface area contributed by atoms with Crippen LogP contribution in [0.5, 0.6) is 0 Å². The molecule has 0 aromatic rings. The topological polar surface area (TPSA) is 33.0 Å². The number of rotatable bonds is 3. The Hall–Kier alpha value is -0.593. The van der Waals surface area contributed by atoms with Crippen LogP contribution in [-0.4, -0.2) is 14.4 Å². The number of hydrogen-bond donors (Lipinski definition) is 0. The van der Waals surface area contributed by atoms with E-state index < -0.39 is 8.32 Å². The molecule has 1 unspecified atom stereocenters. The Morgan fingerprint density at radius 2 is 1.86 bits per heavy atom. The van der Waals surface area contributed by atoms with Gasteiger partial charge in [-0.25, -0.2) is 0 Å². The normalized spacial score (nSPS) is 14.6. The lowest BCUT2D eigenvalue weighted by Crippen LogP contribution is -2.43. The quantitative estimate of drug-likeness (QED) is 0.529. The van der Waals surface area contributed by atoms with Gasteiger partial charge in [0.05, 0.1) is 12.2 Å². The molecule has 0 rings (SSSR count). The molecule has 0 aliphatic rings. The van der Waals surface area contributed by atoms with E-state index in [-0.39, 0.29) is 11.1 Å². The molecule has 1 atom stereocenters. The van der Waals surface area contributed by atoms with Gasteiger partial charge in [-0.1, -0.05) is 27.4 Å². The number of hydrogen-bond acceptors (Lipinski definition) is 2. The maximum Gasteiger partial charge on any atom is 0.192 e. The lowest BCUT2D eigenvalue weighted by molar-refractivity contribution is 0.237. The van der Waals surface area contributed by atoms with Crippen molar-refractivity contribution < 1.29 is 4.43 Å². The second-order valence-electron chi connectivity index (χ2n) is 5.16. The third kappa shape index (κ3) is 3.28. The Balaban J connectivity index is 4.54. The van der Waals surface area contributed by atoms with Crippen LogP contribution in [0.4, 0.5) is 0 Å². The van der Waals surface area contributed by atoms with Crippen LogP contribution in [0.2, 0.25) is 18.1 Å². The van der Waals surface area contributed by atoms with Gasteiger partial charge >= 0.3 is 0 Å². The maximum atomic E-state index is 8.69. The first-order chi connectivity index (χ1) is 6.12. The third-order valence-corrected chi connectivity index (χ3v) is 7.47. The van der Waals surface area contributed by atoms with Gasteiger partial charge in [-0.2, -0.15) is 5.26 Å². The van der Waals surface area contributed by atoms with Crippen molar-refractivity contribution in [3.05, 3.63) is 12.2 Å². The molecule has 0 N–H and O–H groups in total. The van der Waals surface area contributed by atoms with Gasteiger partial charge in [0.1, 0.15) is 0 Å². The van der Waals surface area contributed by atoms with E-state index in [0.29, 0.717) is 5.57 Å². The van der Waals surface area contributed by atoms with Crippen LogP contribution in [0, 0.1) is 11.3 Å². The minimum absolute atomic E-state index is 0.152. The predicted molar refractivity (Wildman–Crippen MR) is 62.5 cm³/mol. The SMILES string of the molecule is C=C(C#N)C(C)O[Si](C)(C)C(C)(C)C. The molecular formula is C11H21NOSi. The summed E-state index contributed by atoms with van der Waals surface area (Å²) in [5.41, 5.74) is 0.509. The molecule has 14 heavy (non-hydrogen) atoms. The zero-order valence-corrected chi connectivity index (χ0v) is 11.1. The third-order valence-electron chi connectivity index (χ3n) is 2.91. The average molecular weight is 211 g/mol. The fourth-order valence-corrected chi connectivity index (χ4v) is 2.16. The Labute approximate surface area is 88.7 Å². The summed E-state index contributed by atoms with van der Waals surface area (Å²) < 4.78 is 5.97. The van der Waals surface area contributed by atoms with Crippen molar-refractivity contribution in [1.82, 2.24) is 0 Å². The highest BCUT2D eigenvalue weighted by Gasteiger charge is 2.38. The molecule has 80 valence electrons. The van der Waals surface area contributed by atoms with Crippen LogP contribution in [0.25, 0.3) is 0 Å². The highest BCUT2D eigenvalue weighted by molar-refractivity contribution is 6.74. The zero-order valence-electron chi connectivity index (χ0n) is 10.1. The summed E-state index contributed by atoms with van der Waals surface area (Å²) in [5.74, 6) is 0. The molecule has 0 amide bonds. The molecule has 0 aliphatic carbocycles. The summed E-state index contributed by atoms with van der Waals surface area (Å²) in [6.07, 6.45) is -0.152. The second-order valence-corrected chi connectivity index (χ2v) is 9.91. The Kier molecular flexibility index (Phi) is 4.10. The first kappa shape index (κ1) is 13.4. The Morgan fingerprint density at radius 1 is 1.43 bits per heavy atom. The van der Waals surface area contributed by atoms with E-state index >= 15 is 0 Å². The van der Waals surface area contributed by atoms with Gasteiger partial charge in [0, 0.05) is 5.57 Å². The minimum atomic E-state index is -1.76. The summed E-state index contributed by atoms with van der Waals surface area (Å²) in [6, 6.07) is 2.04. The summed E-state index contributed by atoms with van der Waals surface area (Å²) in [6.45, 7) is 16.5. The van der Waals surface area contributed by atoms with Gasteiger partial charge in [-0.3, -0.25) is 0 Å². The van der Waals surface area contributed by atoms with E-state index in [1.165, 1.54) is 0 Å². The van der Waals surface area contributed by atoms with Gasteiger partial charge in [0.25, 0.3) is 0 Å². The number of nitriles is 1. The summed E-state index contributed by atoms with van der Waals surface area (Å²) in [4.78, 5) is 0. The van der Waals surface area contributed by atoms with Crippen LogP contribution >= 0.6 is 0 Å². The van der Waals surface area contributed by atoms with Gasteiger partial charge < -0.3 is 4.43 Å². The molecule has 0 aromatic carbocycles. The molecule has 0 saturated carbocycles. The van der Waals surface area contributed by atoms with Crippen LogP contribution in [0.3, 0.4) is 0 Å². The second kappa shape index (κ2) is 4.29. The fourth-order valence-electron chi connectivity index (χ4n) is 0.781. The zero-order chi connectivity index (χ0) is 11.6. The van der Waals surface area contributed by atoms with E-state index in [4.69, 9.17) is 9.69 Å². The molecule has 0 radical (unpaired) electrons. The van der Waals surface area contributed by atoms with Crippen LogP contribution < -0.4 is 0 Å². The Morgan fingerprint density at radius 3 is 2.14 bits per heavy atom. The monoisotopic (exact) mass is 211 g/mol. The molecule has 0 heterocycles. The molecule has 0 aromatic heterocycles. The lowest BCUT2D eigenvalue weighted by Gasteiger charge is -2.38. The van der Waals surface area contributed by atoms with E-state index in [1.54, 1.807) is 0 Å². The first-order valence-corrected chi connectivity index (χ1v) is 7.79. The van der Waals surface area contributed by atoms with Gasteiger partial charge in [0.15, 0.2) is 8.32 Å². The average Bonchev–Trinajstić information content (AvgIpc) is 2.00. The molecule has 0 bridgehead atoms. The highest BCUT2D eigenvalue weighted by atomic mass is 28.4. The van der Waals surface area contributed by atoms with Gasteiger partial charge in [-0.15, -0.1) is 0 Å². The minimum Gasteiger partial charge on any atom is -0.410 e. The maximum absolute atomic E-state index is 8.69. The van der Waals surface area contributed by atoms with Crippen molar-refractivity contribution in [2.45, 2.75) is 51.9 Å². The fraction of sp³-hybridized carbons (Fsp3) is 0.727. The summed E-state index contributed by atoms with van der Waals surface area (Å²) in [7, 11) is -1.76. The van der Waals surface area contributed by atoms with E-state index in [0.717, 1.165) is 0 Å². The van der Waals surface area contributed by atoms with Crippen LogP contribution in [-0.2, 0) is 4.43 Å². The highest BCUT2D eigenvalue weighted by Crippen LogP contribution is 2.37. The summed E-state index contributed by atoms with van der Waals surface area (Å²) in [5, 5.41) is 8.87. The largest absolute Gasteiger partial charge is 0.410 e. The van der Waals surface area contributed by atoms with Crippen molar-refractivity contribution in [3.63, 3.8) is 0 Å². The Bertz CT molecular complexity index is 257. The smallest absolute Gasteiger partial charge is 0.192 e. The standard InChI is InChI=1S/C11H21NOSi/c1-9(8-12)10(2)13-14(6,7)11(3,4)5/h10H,1H2,2-7H3. The van der Waals surface area contributed by atoms with E-state index in [9.17, 15) is 0 Å². The van der Waals surface area contributed by atoms with Gasteiger partial charge in [-0.05, 0) is 25.1 Å². The molecule has 2 nitrogen and oxygen atoms in total. The molecule has 0 aliphatic heterocycles. The van der Waals surface area contributed by atoms with Crippen molar-refractivity contribution in [3.8, 4) is 6.07 Å². The van der Waals surface area contributed by atoms with E-state index in [2.05, 4.69) is 40.4 Å². The number of nitrogens with zero attached hydrogens (tertiary/aromatic N) is 1. The molecule has 0 saturated heterocycles. The predicted octanol–water partition coefficient (Wildman–Crippen LogP) is 3.48. The van der Waals surface area contributed by atoms with Gasteiger partial charge in [0.2, 0.25) is 0 Å². The van der Waals surface area contributed by atoms with Crippen molar-refractivity contribution in [2.24, 2.45) is 0 Å². The molecule has 0 spiro atoms. The van der Waals surface area contributed by atoms with Crippen molar-refractivity contribution in [2.75, 3.05) is 0 Å². The molecular weight excluding hydrogens is 190 g/mol. The molecule has 3 heteroatoms.